The molecule has 1 saturated heterocycles. The first kappa shape index (κ1) is 17.9. The molecule has 3 nitrogen and oxygen atoms in total. The molecule has 0 amide bonds. The van der Waals surface area contributed by atoms with E-state index >= 15 is 0 Å². The summed E-state index contributed by atoms with van der Waals surface area (Å²) >= 11 is 0. The van der Waals surface area contributed by atoms with Crippen molar-refractivity contribution in [3.63, 3.8) is 0 Å². The summed E-state index contributed by atoms with van der Waals surface area (Å²) in [5, 5.41) is 3.75. The van der Waals surface area contributed by atoms with E-state index in [-0.39, 0.29) is 0 Å². The summed E-state index contributed by atoms with van der Waals surface area (Å²) in [6.45, 7) is 14.6. The van der Waals surface area contributed by atoms with Gasteiger partial charge < -0.3 is 10.1 Å². The van der Waals surface area contributed by atoms with E-state index in [9.17, 15) is 0 Å². The van der Waals surface area contributed by atoms with Gasteiger partial charge in [-0.15, -0.1) is 0 Å². The number of morpholine rings is 1. The second-order valence-electron chi connectivity index (χ2n) is 6.19. The van der Waals surface area contributed by atoms with Crippen LogP contribution in [0.3, 0.4) is 0 Å². The fraction of sp³-hybridized carbons (Fsp3) is 1.00. The van der Waals surface area contributed by atoms with E-state index in [0.29, 0.717) is 12.1 Å². The number of rotatable bonds is 10. The summed E-state index contributed by atoms with van der Waals surface area (Å²) in [6.07, 6.45) is 6.65. The molecule has 2 atom stereocenters. The Labute approximate surface area is 126 Å². The molecule has 0 spiro atoms. The topological polar surface area (TPSA) is 24.5 Å². The molecule has 1 fully saturated rings. The molecule has 0 bridgehead atoms. The molecule has 0 aromatic rings. The molecule has 20 heavy (non-hydrogen) atoms. The average molecular weight is 284 g/mol. The zero-order valence-electron chi connectivity index (χ0n) is 14.2. The van der Waals surface area contributed by atoms with Crippen LogP contribution < -0.4 is 5.32 Å². The van der Waals surface area contributed by atoms with Crippen molar-refractivity contribution < 1.29 is 4.74 Å². The van der Waals surface area contributed by atoms with Gasteiger partial charge in [-0.25, -0.2) is 0 Å². The molecule has 0 aromatic heterocycles. The van der Waals surface area contributed by atoms with Gasteiger partial charge >= 0.3 is 0 Å². The predicted molar refractivity (Wildman–Crippen MR) is 87.2 cm³/mol. The number of hydrogen-bond donors (Lipinski definition) is 1. The molecule has 3 heteroatoms. The van der Waals surface area contributed by atoms with E-state index in [0.717, 1.165) is 32.2 Å². The summed E-state index contributed by atoms with van der Waals surface area (Å²) in [6, 6.07) is 0.527. The van der Waals surface area contributed by atoms with Crippen molar-refractivity contribution in [2.45, 2.75) is 71.9 Å². The SMILES string of the molecule is CCCNC(CC(CC)CC)C1CN(CCC)CCO1. The Balaban J connectivity index is 2.55. The van der Waals surface area contributed by atoms with Crippen LogP contribution in [-0.2, 0) is 4.74 Å². The maximum Gasteiger partial charge on any atom is 0.0855 e. The third kappa shape index (κ3) is 6.11. The molecule has 0 aromatic carbocycles. The van der Waals surface area contributed by atoms with Gasteiger partial charge in [0.05, 0.1) is 12.7 Å². The molecule has 120 valence electrons. The highest BCUT2D eigenvalue weighted by Crippen LogP contribution is 2.20. The monoisotopic (exact) mass is 284 g/mol. The van der Waals surface area contributed by atoms with Crippen molar-refractivity contribution >= 4 is 0 Å². The van der Waals surface area contributed by atoms with Crippen molar-refractivity contribution in [3.05, 3.63) is 0 Å². The van der Waals surface area contributed by atoms with Crippen molar-refractivity contribution in [1.29, 1.82) is 0 Å². The predicted octanol–water partition coefficient (Wildman–Crippen LogP) is 3.29. The Hall–Kier alpha value is -0.120. The Morgan fingerprint density at radius 3 is 2.50 bits per heavy atom. The third-order valence-corrected chi connectivity index (χ3v) is 4.56. The second kappa shape index (κ2) is 10.6. The zero-order chi connectivity index (χ0) is 14.8. The highest BCUT2D eigenvalue weighted by molar-refractivity contribution is 4.84. The molecule has 0 saturated carbocycles. The van der Waals surface area contributed by atoms with Crippen LogP contribution in [-0.4, -0.2) is 49.8 Å². The fourth-order valence-electron chi connectivity index (χ4n) is 3.17. The van der Waals surface area contributed by atoms with Gasteiger partial charge in [0, 0.05) is 19.1 Å². The molecular formula is C17H36N2O. The first-order chi connectivity index (χ1) is 9.74. The first-order valence-corrected chi connectivity index (χ1v) is 8.82. The fourth-order valence-corrected chi connectivity index (χ4v) is 3.17. The van der Waals surface area contributed by atoms with E-state index in [1.807, 2.05) is 0 Å². The van der Waals surface area contributed by atoms with Gasteiger partial charge in [-0.2, -0.15) is 0 Å². The largest absolute Gasteiger partial charge is 0.374 e. The Bertz CT molecular complexity index is 229. The van der Waals surface area contributed by atoms with Gasteiger partial charge in [-0.3, -0.25) is 4.90 Å². The summed E-state index contributed by atoms with van der Waals surface area (Å²) in [4.78, 5) is 2.57. The molecule has 1 heterocycles. The number of ether oxygens (including phenoxy) is 1. The summed E-state index contributed by atoms with van der Waals surface area (Å²) in [5.41, 5.74) is 0. The number of nitrogens with one attached hydrogen (secondary N) is 1. The Morgan fingerprint density at radius 1 is 1.15 bits per heavy atom. The van der Waals surface area contributed by atoms with Gasteiger partial charge in [-0.05, 0) is 38.3 Å². The van der Waals surface area contributed by atoms with Crippen LogP contribution >= 0.6 is 0 Å². The average Bonchev–Trinajstić information content (AvgIpc) is 2.48. The van der Waals surface area contributed by atoms with Crippen LogP contribution in [0.25, 0.3) is 0 Å². The number of nitrogens with zero attached hydrogens (tertiary/aromatic N) is 1. The smallest absolute Gasteiger partial charge is 0.0855 e. The minimum absolute atomic E-state index is 0.377. The molecule has 1 aliphatic heterocycles. The quantitative estimate of drug-likeness (QED) is 0.666. The van der Waals surface area contributed by atoms with Crippen LogP contribution in [0.15, 0.2) is 0 Å². The van der Waals surface area contributed by atoms with E-state index in [4.69, 9.17) is 4.74 Å². The van der Waals surface area contributed by atoms with Crippen LogP contribution in [0.4, 0.5) is 0 Å². The zero-order valence-corrected chi connectivity index (χ0v) is 14.2. The van der Waals surface area contributed by atoms with Crippen LogP contribution in [0.1, 0.15) is 59.8 Å². The van der Waals surface area contributed by atoms with E-state index in [1.54, 1.807) is 0 Å². The van der Waals surface area contributed by atoms with Gasteiger partial charge in [0.25, 0.3) is 0 Å². The maximum atomic E-state index is 6.10. The lowest BCUT2D eigenvalue weighted by molar-refractivity contribution is -0.0500. The minimum atomic E-state index is 0.377. The highest BCUT2D eigenvalue weighted by Gasteiger charge is 2.28. The lowest BCUT2D eigenvalue weighted by Gasteiger charge is -2.38. The van der Waals surface area contributed by atoms with Crippen molar-refractivity contribution in [3.8, 4) is 0 Å². The Kier molecular flexibility index (Phi) is 9.49. The normalized spacial score (nSPS) is 22.4. The summed E-state index contributed by atoms with van der Waals surface area (Å²) in [7, 11) is 0. The summed E-state index contributed by atoms with van der Waals surface area (Å²) in [5.74, 6) is 0.828. The lowest BCUT2D eigenvalue weighted by Crippen LogP contribution is -2.53. The molecular weight excluding hydrogens is 248 g/mol. The second-order valence-corrected chi connectivity index (χ2v) is 6.19. The summed E-state index contributed by atoms with van der Waals surface area (Å²) < 4.78 is 6.10. The molecule has 1 rings (SSSR count). The Morgan fingerprint density at radius 2 is 1.90 bits per heavy atom. The van der Waals surface area contributed by atoms with Crippen molar-refractivity contribution in [1.82, 2.24) is 10.2 Å². The van der Waals surface area contributed by atoms with E-state index in [1.165, 1.54) is 38.6 Å². The van der Waals surface area contributed by atoms with Crippen molar-refractivity contribution in [2.24, 2.45) is 5.92 Å². The third-order valence-electron chi connectivity index (χ3n) is 4.56. The maximum absolute atomic E-state index is 6.10. The minimum Gasteiger partial charge on any atom is -0.374 e. The standard InChI is InChI=1S/C17H36N2O/c1-5-9-18-16(13-15(7-3)8-4)17-14-19(10-6-2)11-12-20-17/h15-18H,5-14H2,1-4H3. The lowest BCUT2D eigenvalue weighted by atomic mass is 9.91. The molecule has 0 radical (unpaired) electrons. The first-order valence-electron chi connectivity index (χ1n) is 8.82. The van der Waals surface area contributed by atoms with Gasteiger partial charge in [0.15, 0.2) is 0 Å². The van der Waals surface area contributed by atoms with Gasteiger partial charge in [0.2, 0.25) is 0 Å². The molecule has 2 unspecified atom stereocenters. The van der Waals surface area contributed by atoms with Crippen LogP contribution in [0, 0.1) is 5.92 Å². The highest BCUT2D eigenvalue weighted by atomic mass is 16.5. The van der Waals surface area contributed by atoms with E-state index in [2.05, 4.69) is 37.9 Å². The van der Waals surface area contributed by atoms with Gasteiger partial charge in [0.1, 0.15) is 0 Å². The molecule has 0 aliphatic carbocycles. The van der Waals surface area contributed by atoms with Crippen LogP contribution in [0.2, 0.25) is 0 Å². The van der Waals surface area contributed by atoms with Crippen molar-refractivity contribution in [2.75, 3.05) is 32.8 Å². The molecule has 1 N–H and O–H groups in total. The van der Waals surface area contributed by atoms with E-state index < -0.39 is 0 Å². The van der Waals surface area contributed by atoms with Gasteiger partial charge in [-0.1, -0.05) is 40.5 Å². The molecule has 1 aliphatic rings. The number of hydrogen-bond acceptors (Lipinski definition) is 3. The van der Waals surface area contributed by atoms with Crippen LogP contribution in [0.5, 0.6) is 0 Å².